The van der Waals surface area contributed by atoms with Crippen molar-refractivity contribution in [3.63, 3.8) is 0 Å². The highest BCUT2D eigenvalue weighted by atomic mass is 16.5. The van der Waals surface area contributed by atoms with Crippen molar-refractivity contribution in [2.75, 3.05) is 6.61 Å². The number of carboxylic acid groups (broad SMARTS) is 1. The molecule has 0 aliphatic rings. The highest BCUT2D eigenvalue weighted by molar-refractivity contribution is 5.73. The fourth-order valence-corrected chi connectivity index (χ4v) is 2.24. The van der Waals surface area contributed by atoms with E-state index in [2.05, 4.69) is 12.1 Å². The van der Waals surface area contributed by atoms with Crippen LogP contribution in [0.4, 0.5) is 0 Å². The highest BCUT2D eigenvalue weighted by Gasteiger charge is 2.21. The van der Waals surface area contributed by atoms with Gasteiger partial charge in [0.1, 0.15) is 0 Å². The lowest BCUT2D eigenvalue weighted by Crippen LogP contribution is -2.28. The lowest BCUT2D eigenvalue weighted by molar-refractivity contribution is -0.150. The molecule has 0 bridgehead atoms. The molecule has 0 radical (unpaired) electrons. The van der Waals surface area contributed by atoms with Gasteiger partial charge in [0.15, 0.2) is 6.10 Å². The van der Waals surface area contributed by atoms with Gasteiger partial charge >= 0.3 is 5.97 Å². The third-order valence-corrected chi connectivity index (χ3v) is 3.14. The average molecular weight is 264 g/mol. The number of hydrogen-bond donors (Lipinski definition) is 1. The van der Waals surface area contributed by atoms with Crippen molar-refractivity contribution in [2.24, 2.45) is 5.92 Å². The summed E-state index contributed by atoms with van der Waals surface area (Å²) in [6.45, 7) is 10.6. The number of hydrogen-bond acceptors (Lipinski definition) is 2. The SMILES string of the molecule is Cc1cc(C)c(CC(OCC(C)C)C(=O)O)c(C)c1. The lowest BCUT2D eigenvalue weighted by atomic mass is 9.95. The monoisotopic (exact) mass is 264 g/mol. The van der Waals surface area contributed by atoms with Crippen LogP contribution in [0.25, 0.3) is 0 Å². The van der Waals surface area contributed by atoms with Crippen LogP contribution in [-0.2, 0) is 16.0 Å². The molecular formula is C16H24O3. The first-order valence-corrected chi connectivity index (χ1v) is 6.72. The molecule has 0 aromatic heterocycles. The Bertz CT molecular complexity index is 426. The summed E-state index contributed by atoms with van der Waals surface area (Å²) in [5, 5.41) is 9.26. The Hall–Kier alpha value is -1.35. The molecule has 3 nitrogen and oxygen atoms in total. The van der Waals surface area contributed by atoms with Crippen molar-refractivity contribution >= 4 is 5.97 Å². The molecule has 0 aliphatic heterocycles. The number of rotatable bonds is 6. The Morgan fingerprint density at radius 3 is 2.16 bits per heavy atom. The topological polar surface area (TPSA) is 46.5 Å². The van der Waals surface area contributed by atoms with E-state index in [0.29, 0.717) is 18.9 Å². The molecule has 1 unspecified atom stereocenters. The molecule has 1 N–H and O–H groups in total. The number of carbonyl (C=O) groups is 1. The molecule has 3 heteroatoms. The van der Waals surface area contributed by atoms with Crippen LogP contribution in [0.3, 0.4) is 0 Å². The van der Waals surface area contributed by atoms with Crippen molar-refractivity contribution < 1.29 is 14.6 Å². The first-order valence-electron chi connectivity index (χ1n) is 6.72. The van der Waals surface area contributed by atoms with Gasteiger partial charge in [-0.15, -0.1) is 0 Å². The van der Waals surface area contributed by atoms with Gasteiger partial charge in [-0.05, 0) is 43.4 Å². The zero-order valence-electron chi connectivity index (χ0n) is 12.5. The molecule has 0 saturated heterocycles. The molecule has 0 fully saturated rings. The van der Waals surface area contributed by atoms with Crippen LogP contribution in [0.15, 0.2) is 12.1 Å². The summed E-state index contributed by atoms with van der Waals surface area (Å²) in [4.78, 5) is 11.3. The van der Waals surface area contributed by atoms with Gasteiger partial charge in [0.05, 0.1) is 6.61 Å². The zero-order valence-corrected chi connectivity index (χ0v) is 12.5. The molecule has 1 atom stereocenters. The molecule has 1 aromatic carbocycles. The Kier molecular flexibility index (Phi) is 5.55. The van der Waals surface area contributed by atoms with E-state index in [1.165, 1.54) is 5.56 Å². The van der Waals surface area contributed by atoms with Crippen LogP contribution in [0.1, 0.15) is 36.1 Å². The minimum absolute atomic E-state index is 0.335. The van der Waals surface area contributed by atoms with Crippen LogP contribution in [0.5, 0.6) is 0 Å². The summed E-state index contributed by atoms with van der Waals surface area (Å²) < 4.78 is 5.51. The van der Waals surface area contributed by atoms with E-state index < -0.39 is 12.1 Å². The number of ether oxygens (including phenoxy) is 1. The second-order valence-corrected chi connectivity index (χ2v) is 5.64. The standard InChI is InChI=1S/C16H24O3/c1-10(2)9-19-15(16(17)18)8-14-12(4)6-11(3)7-13(14)5/h6-7,10,15H,8-9H2,1-5H3,(H,17,18). The Morgan fingerprint density at radius 2 is 1.74 bits per heavy atom. The summed E-state index contributed by atoms with van der Waals surface area (Å²) in [6, 6.07) is 4.17. The van der Waals surface area contributed by atoms with Crippen LogP contribution in [0, 0.1) is 26.7 Å². The molecule has 19 heavy (non-hydrogen) atoms. The van der Waals surface area contributed by atoms with E-state index in [9.17, 15) is 9.90 Å². The predicted molar refractivity (Wildman–Crippen MR) is 76.6 cm³/mol. The Labute approximate surface area is 115 Å². The van der Waals surface area contributed by atoms with E-state index in [0.717, 1.165) is 16.7 Å². The summed E-state index contributed by atoms with van der Waals surface area (Å²) in [7, 11) is 0. The van der Waals surface area contributed by atoms with E-state index in [1.54, 1.807) is 0 Å². The van der Waals surface area contributed by atoms with Crippen molar-refractivity contribution in [1.29, 1.82) is 0 Å². The second kappa shape index (κ2) is 6.71. The number of carboxylic acids is 1. The minimum atomic E-state index is -0.889. The first-order chi connectivity index (χ1) is 8.81. The van der Waals surface area contributed by atoms with Gasteiger partial charge in [-0.3, -0.25) is 0 Å². The van der Waals surface area contributed by atoms with Crippen molar-refractivity contribution in [3.8, 4) is 0 Å². The maximum Gasteiger partial charge on any atom is 0.333 e. The second-order valence-electron chi connectivity index (χ2n) is 5.64. The quantitative estimate of drug-likeness (QED) is 0.857. The van der Waals surface area contributed by atoms with Crippen molar-refractivity contribution in [2.45, 2.75) is 47.1 Å². The molecule has 0 aliphatic carbocycles. The summed E-state index contributed by atoms with van der Waals surface area (Å²) >= 11 is 0. The molecule has 0 amide bonds. The van der Waals surface area contributed by atoms with Crippen molar-refractivity contribution in [1.82, 2.24) is 0 Å². The molecule has 0 saturated carbocycles. The van der Waals surface area contributed by atoms with Crippen LogP contribution >= 0.6 is 0 Å². The first kappa shape index (κ1) is 15.7. The smallest absolute Gasteiger partial charge is 0.333 e. The van der Waals surface area contributed by atoms with Crippen molar-refractivity contribution in [3.05, 3.63) is 34.4 Å². The molecule has 1 aromatic rings. The van der Waals surface area contributed by atoms with Crippen LogP contribution in [0.2, 0.25) is 0 Å². The summed E-state index contributed by atoms with van der Waals surface area (Å²) in [6.07, 6.45) is -0.331. The minimum Gasteiger partial charge on any atom is -0.479 e. The van der Waals surface area contributed by atoms with Gasteiger partial charge in [0.2, 0.25) is 0 Å². The third-order valence-electron chi connectivity index (χ3n) is 3.14. The lowest BCUT2D eigenvalue weighted by Gasteiger charge is -2.18. The maximum atomic E-state index is 11.3. The summed E-state index contributed by atoms with van der Waals surface area (Å²) in [5.74, 6) is -0.554. The molecular weight excluding hydrogens is 240 g/mol. The van der Waals surface area contributed by atoms with Gasteiger partial charge in [-0.1, -0.05) is 31.5 Å². The predicted octanol–water partition coefficient (Wildman–Crippen LogP) is 3.28. The third kappa shape index (κ3) is 4.67. The highest BCUT2D eigenvalue weighted by Crippen LogP contribution is 2.19. The molecule has 1 rings (SSSR count). The number of aliphatic carboxylic acids is 1. The largest absolute Gasteiger partial charge is 0.479 e. The molecule has 0 spiro atoms. The van der Waals surface area contributed by atoms with E-state index in [-0.39, 0.29) is 0 Å². The van der Waals surface area contributed by atoms with E-state index in [1.807, 2.05) is 34.6 Å². The van der Waals surface area contributed by atoms with Gasteiger partial charge < -0.3 is 9.84 Å². The van der Waals surface area contributed by atoms with Crippen LogP contribution in [-0.4, -0.2) is 23.8 Å². The van der Waals surface area contributed by atoms with Crippen LogP contribution < -0.4 is 0 Å². The van der Waals surface area contributed by atoms with Gasteiger partial charge in [0, 0.05) is 6.42 Å². The normalized spacial score (nSPS) is 12.7. The van der Waals surface area contributed by atoms with Gasteiger partial charge in [-0.2, -0.15) is 0 Å². The molecule has 106 valence electrons. The fraction of sp³-hybridized carbons (Fsp3) is 0.562. The number of benzene rings is 1. The fourth-order valence-electron chi connectivity index (χ4n) is 2.24. The number of aryl methyl sites for hydroxylation is 3. The average Bonchev–Trinajstić information content (AvgIpc) is 2.25. The Morgan fingerprint density at radius 1 is 1.21 bits per heavy atom. The maximum absolute atomic E-state index is 11.3. The summed E-state index contributed by atoms with van der Waals surface area (Å²) in [5.41, 5.74) is 4.56. The van der Waals surface area contributed by atoms with E-state index in [4.69, 9.17) is 4.74 Å². The zero-order chi connectivity index (χ0) is 14.6. The Balaban J connectivity index is 2.88. The van der Waals surface area contributed by atoms with Gasteiger partial charge in [-0.25, -0.2) is 4.79 Å². The van der Waals surface area contributed by atoms with Gasteiger partial charge in [0.25, 0.3) is 0 Å². The molecule has 0 heterocycles. The van der Waals surface area contributed by atoms with E-state index >= 15 is 0 Å².